The Morgan fingerprint density at radius 1 is 0.500 bits per heavy atom. The van der Waals surface area contributed by atoms with Crippen LogP contribution in [0.25, 0.3) is 0 Å². The fraction of sp³-hybridized carbons (Fsp3) is 0.820. The van der Waals surface area contributed by atoms with E-state index in [4.69, 9.17) is 24.8 Å². The molecule has 0 aliphatic carbocycles. The molecule has 3 atom stereocenters. The summed E-state index contributed by atoms with van der Waals surface area (Å²) in [4.78, 5) is 46.2. The van der Waals surface area contributed by atoms with Gasteiger partial charge in [-0.3, -0.25) is 23.4 Å². The molecular weight excluding hydrogens is 806 g/mol. The van der Waals surface area contributed by atoms with Gasteiger partial charge in [0, 0.05) is 12.8 Å². The zero-order chi connectivity index (χ0) is 45.6. The molecule has 0 saturated carbocycles. The molecule has 0 radical (unpaired) electrons. The summed E-state index contributed by atoms with van der Waals surface area (Å²) >= 11 is 0. The van der Waals surface area contributed by atoms with Crippen LogP contribution in [-0.4, -0.2) is 59.9 Å². The van der Waals surface area contributed by atoms with Crippen molar-refractivity contribution >= 4 is 25.7 Å². The Hall–Kier alpha value is -2.30. The van der Waals surface area contributed by atoms with Gasteiger partial charge in [0.15, 0.2) is 6.10 Å². The van der Waals surface area contributed by atoms with Gasteiger partial charge >= 0.3 is 25.7 Å². The van der Waals surface area contributed by atoms with Crippen molar-refractivity contribution in [1.82, 2.24) is 0 Å². The molecular formula is C50H92NO10P. The number of rotatable bonds is 47. The number of carbonyl (C=O) groups excluding carboxylic acids is 2. The summed E-state index contributed by atoms with van der Waals surface area (Å²) in [6.07, 6.45) is 50.5. The van der Waals surface area contributed by atoms with Crippen molar-refractivity contribution in [2.24, 2.45) is 5.73 Å². The van der Waals surface area contributed by atoms with E-state index in [9.17, 15) is 23.8 Å². The van der Waals surface area contributed by atoms with Gasteiger partial charge < -0.3 is 25.2 Å². The van der Waals surface area contributed by atoms with Crippen molar-refractivity contribution in [3.05, 3.63) is 36.5 Å². The summed E-state index contributed by atoms with van der Waals surface area (Å²) < 4.78 is 32.8. The summed E-state index contributed by atoms with van der Waals surface area (Å²) in [6.45, 7) is 2.80. The van der Waals surface area contributed by atoms with Crippen LogP contribution in [0.4, 0.5) is 0 Å². The van der Waals surface area contributed by atoms with Crippen LogP contribution in [0, 0.1) is 0 Å². The van der Waals surface area contributed by atoms with E-state index in [1.165, 1.54) is 141 Å². The SMILES string of the molecule is CCCCC/C=C/C/C=C/CCCCCCCCCCCC(=O)OC[C@H](COP(=O)(O)OC[C@H](N)C(=O)O)OC(=O)CCCCCCCCCCC/C=C/CCCCCCCC. The molecule has 0 saturated heterocycles. The maximum atomic E-state index is 12.7. The lowest BCUT2D eigenvalue weighted by Gasteiger charge is -2.20. The zero-order valence-corrected chi connectivity index (χ0v) is 40.4. The standard InChI is InChI=1S/C50H92NO10P/c1-3-5-7-9-11-13-15-17-19-21-23-25-27-29-31-33-35-37-39-41-48(52)58-43-46(44-59-62(56,57)60-45-47(51)50(54)55)61-49(53)42-40-38-36-34-32-30-28-26-24-22-20-18-16-14-12-10-8-6-4-2/h11,13,17-20,46-47H,3-10,12,14-16,21-45,51H2,1-2H3,(H,54,55)(H,56,57)/b13-11+,19-17+,20-18+/t46-,47+/m1/s1. The van der Waals surface area contributed by atoms with E-state index in [-0.39, 0.29) is 19.4 Å². The molecule has 362 valence electrons. The lowest BCUT2D eigenvalue weighted by molar-refractivity contribution is -0.161. The minimum Gasteiger partial charge on any atom is -0.480 e. The van der Waals surface area contributed by atoms with Crippen molar-refractivity contribution in [2.45, 2.75) is 244 Å². The third-order valence-electron chi connectivity index (χ3n) is 10.9. The molecule has 0 heterocycles. The number of hydrogen-bond donors (Lipinski definition) is 3. The van der Waals surface area contributed by atoms with E-state index in [1.54, 1.807) is 0 Å². The predicted octanol–water partition coefficient (Wildman–Crippen LogP) is 14.0. The lowest BCUT2D eigenvalue weighted by atomic mass is 10.1. The first-order chi connectivity index (χ1) is 30.1. The molecule has 0 spiro atoms. The fourth-order valence-corrected chi connectivity index (χ4v) is 7.69. The number of ether oxygens (including phenoxy) is 2. The highest BCUT2D eigenvalue weighted by molar-refractivity contribution is 7.47. The molecule has 11 nitrogen and oxygen atoms in total. The Morgan fingerprint density at radius 3 is 1.31 bits per heavy atom. The molecule has 0 aromatic carbocycles. The monoisotopic (exact) mass is 898 g/mol. The molecule has 0 rings (SSSR count). The highest BCUT2D eigenvalue weighted by atomic mass is 31.2. The summed E-state index contributed by atoms with van der Waals surface area (Å²) in [6, 6.07) is -1.52. The van der Waals surface area contributed by atoms with Crippen LogP contribution in [0.5, 0.6) is 0 Å². The Kier molecular flexibility index (Phi) is 43.6. The second-order valence-corrected chi connectivity index (χ2v) is 18.4. The Bertz CT molecular complexity index is 1190. The third kappa shape index (κ3) is 44.3. The number of allylic oxidation sites excluding steroid dienone is 6. The smallest absolute Gasteiger partial charge is 0.472 e. The van der Waals surface area contributed by atoms with E-state index < -0.39 is 51.1 Å². The fourth-order valence-electron chi connectivity index (χ4n) is 6.91. The average Bonchev–Trinajstić information content (AvgIpc) is 3.25. The highest BCUT2D eigenvalue weighted by Crippen LogP contribution is 2.43. The Labute approximate surface area is 378 Å². The molecule has 0 aromatic rings. The molecule has 4 N–H and O–H groups in total. The van der Waals surface area contributed by atoms with Gasteiger partial charge in [-0.25, -0.2) is 4.57 Å². The number of carboxylic acid groups (broad SMARTS) is 1. The molecule has 0 aliphatic rings. The second-order valence-electron chi connectivity index (χ2n) is 16.9. The molecule has 0 aromatic heterocycles. The van der Waals surface area contributed by atoms with Gasteiger partial charge in [-0.15, -0.1) is 0 Å². The number of nitrogens with two attached hydrogens (primary N) is 1. The van der Waals surface area contributed by atoms with Gasteiger partial charge in [0.05, 0.1) is 13.2 Å². The quantitative estimate of drug-likeness (QED) is 0.0230. The van der Waals surface area contributed by atoms with Gasteiger partial charge in [0.2, 0.25) is 0 Å². The number of phosphoric ester groups is 1. The van der Waals surface area contributed by atoms with Crippen LogP contribution in [0.1, 0.15) is 232 Å². The van der Waals surface area contributed by atoms with Crippen molar-refractivity contribution in [3.63, 3.8) is 0 Å². The largest absolute Gasteiger partial charge is 0.480 e. The lowest BCUT2D eigenvalue weighted by Crippen LogP contribution is -2.34. The summed E-state index contributed by atoms with van der Waals surface area (Å²) in [5.74, 6) is -2.38. The number of phosphoric acid groups is 1. The van der Waals surface area contributed by atoms with Crippen molar-refractivity contribution in [1.29, 1.82) is 0 Å². The van der Waals surface area contributed by atoms with E-state index in [2.05, 4.69) is 54.8 Å². The number of carbonyl (C=O) groups is 3. The molecule has 0 aliphatic heterocycles. The van der Waals surface area contributed by atoms with Crippen LogP contribution in [0.2, 0.25) is 0 Å². The Morgan fingerprint density at radius 2 is 0.855 bits per heavy atom. The minimum absolute atomic E-state index is 0.159. The van der Waals surface area contributed by atoms with Crippen LogP contribution in [0.15, 0.2) is 36.5 Å². The molecule has 0 fully saturated rings. The van der Waals surface area contributed by atoms with Gasteiger partial charge in [-0.05, 0) is 70.6 Å². The highest BCUT2D eigenvalue weighted by Gasteiger charge is 2.28. The summed E-state index contributed by atoms with van der Waals surface area (Å²) in [5.41, 5.74) is 5.35. The van der Waals surface area contributed by atoms with Crippen LogP contribution >= 0.6 is 7.82 Å². The predicted molar refractivity (Wildman–Crippen MR) is 254 cm³/mol. The van der Waals surface area contributed by atoms with Crippen molar-refractivity contribution in [2.75, 3.05) is 19.8 Å². The Balaban J connectivity index is 4.26. The molecule has 1 unspecified atom stereocenters. The normalized spacial score (nSPS) is 13.9. The van der Waals surface area contributed by atoms with Crippen molar-refractivity contribution in [3.8, 4) is 0 Å². The maximum absolute atomic E-state index is 12.7. The van der Waals surface area contributed by atoms with E-state index >= 15 is 0 Å². The maximum Gasteiger partial charge on any atom is 0.472 e. The summed E-state index contributed by atoms with van der Waals surface area (Å²) in [7, 11) is -4.72. The third-order valence-corrected chi connectivity index (χ3v) is 11.8. The van der Waals surface area contributed by atoms with E-state index in [0.717, 1.165) is 51.4 Å². The number of carboxylic acids is 1. The van der Waals surface area contributed by atoms with Gasteiger partial charge in [0.1, 0.15) is 12.6 Å². The number of esters is 2. The molecule has 62 heavy (non-hydrogen) atoms. The van der Waals surface area contributed by atoms with E-state index in [0.29, 0.717) is 12.8 Å². The summed E-state index contributed by atoms with van der Waals surface area (Å²) in [5, 5.41) is 8.92. The van der Waals surface area contributed by atoms with Gasteiger partial charge in [0.25, 0.3) is 0 Å². The van der Waals surface area contributed by atoms with Crippen LogP contribution in [-0.2, 0) is 37.5 Å². The van der Waals surface area contributed by atoms with Crippen molar-refractivity contribution < 1.29 is 47.5 Å². The minimum atomic E-state index is -4.72. The molecule has 0 amide bonds. The molecule has 12 heteroatoms. The topological polar surface area (TPSA) is 172 Å². The van der Waals surface area contributed by atoms with E-state index in [1.807, 2.05) is 0 Å². The van der Waals surface area contributed by atoms with Crippen LogP contribution < -0.4 is 5.73 Å². The number of unbranched alkanes of at least 4 members (excludes halogenated alkanes) is 27. The first-order valence-electron chi connectivity index (χ1n) is 25.0. The van der Waals surface area contributed by atoms with Gasteiger partial charge in [-0.1, -0.05) is 185 Å². The van der Waals surface area contributed by atoms with Gasteiger partial charge in [-0.2, -0.15) is 0 Å². The first kappa shape index (κ1) is 59.7. The van der Waals surface area contributed by atoms with Crippen LogP contribution in [0.3, 0.4) is 0 Å². The zero-order valence-electron chi connectivity index (χ0n) is 39.5. The second kappa shape index (κ2) is 45.3. The first-order valence-corrected chi connectivity index (χ1v) is 26.5. The number of hydrogen-bond acceptors (Lipinski definition) is 9. The number of aliphatic carboxylic acids is 1. The average molecular weight is 898 g/mol. The molecule has 0 bridgehead atoms.